The second-order valence-corrected chi connectivity index (χ2v) is 9.37. The second-order valence-electron chi connectivity index (χ2n) is 8.45. The van der Waals surface area contributed by atoms with Crippen LogP contribution in [0.25, 0.3) is 5.76 Å². The molecule has 0 aliphatic carbocycles. The number of Topliss-reactive ketones (excluding diaryl/α,β-unsaturated/α-hetero) is 1. The fourth-order valence-electron chi connectivity index (χ4n) is 4.23. The molecule has 33 heavy (non-hydrogen) atoms. The molecule has 1 saturated heterocycles. The van der Waals surface area contributed by atoms with Gasteiger partial charge in [0.2, 0.25) is 5.78 Å². The molecule has 0 radical (unpaired) electrons. The maximum Gasteiger partial charge on any atom is 0.354 e. The van der Waals surface area contributed by atoms with Gasteiger partial charge in [-0.05, 0) is 42.7 Å². The third-order valence-electron chi connectivity index (χ3n) is 5.85. The van der Waals surface area contributed by atoms with Crippen molar-refractivity contribution in [1.82, 2.24) is 9.88 Å². The van der Waals surface area contributed by atoms with Gasteiger partial charge in [0.1, 0.15) is 5.69 Å². The van der Waals surface area contributed by atoms with Crippen molar-refractivity contribution in [1.29, 1.82) is 0 Å². The predicted molar refractivity (Wildman–Crippen MR) is 124 cm³/mol. The largest absolute Gasteiger partial charge is 0.872 e. The topological polar surface area (TPSA) is 107 Å². The van der Waals surface area contributed by atoms with Crippen LogP contribution in [0.3, 0.4) is 0 Å². The lowest BCUT2D eigenvalue weighted by Gasteiger charge is -2.28. The number of hydrogen-bond acceptors (Lipinski definition) is 5. The summed E-state index contributed by atoms with van der Waals surface area (Å²) in [5, 5.41) is 13.7. The van der Waals surface area contributed by atoms with Crippen LogP contribution in [0.4, 0.5) is 0 Å². The highest BCUT2D eigenvalue weighted by Gasteiger charge is 2.44. The summed E-state index contributed by atoms with van der Waals surface area (Å²) in [5.74, 6) is -2.64. The maximum absolute atomic E-state index is 13.7. The number of nitrogens with one attached hydrogen (secondary N) is 2. The average Bonchev–Trinajstić information content (AvgIpc) is 3.20. The van der Waals surface area contributed by atoms with Crippen molar-refractivity contribution in [2.75, 3.05) is 34.3 Å². The number of hydrogen-bond donors (Lipinski definition) is 2. The van der Waals surface area contributed by atoms with Crippen molar-refractivity contribution in [3.8, 4) is 0 Å². The van der Waals surface area contributed by atoms with Crippen molar-refractivity contribution in [2.24, 2.45) is 0 Å². The lowest BCUT2D eigenvalue weighted by atomic mass is 9.94. The summed E-state index contributed by atoms with van der Waals surface area (Å²) >= 11 is 3.40. The molecule has 0 saturated carbocycles. The number of ether oxygens (including phenoxy) is 1. The molecule has 1 unspecified atom stereocenters. The molecule has 1 atom stereocenters. The third kappa shape index (κ3) is 4.74. The number of likely N-dealkylation sites (tertiary alicyclic amines) is 1. The quantitative estimate of drug-likeness (QED) is 0.246. The number of methoxy groups -OCH3 is 1. The van der Waals surface area contributed by atoms with E-state index in [1.807, 2.05) is 26.2 Å². The average molecular weight is 518 g/mol. The van der Waals surface area contributed by atoms with Crippen LogP contribution >= 0.6 is 15.9 Å². The fraction of sp³-hybridized carbons (Fsp3) is 0.375. The number of aromatic amines is 1. The Morgan fingerprint density at radius 1 is 1.21 bits per heavy atom. The van der Waals surface area contributed by atoms with Gasteiger partial charge in [0, 0.05) is 28.7 Å². The molecule has 1 fully saturated rings. The highest BCUT2D eigenvalue weighted by Crippen LogP contribution is 2.40. The van der Waals surface area contributed by atoms with Gasteiger partial charge in [-0.3, -0.25) is 9.59 Å². The lowest BCUT2D eigenvalue weighted by Crippen LogP contribution is -3.05. The zero-order valence-corrected chi connectivity index (χ0v) is 21.0. The number of quaternary nitrogens is 1. The molecule has 8 nitrogen and oxygen atoms in total. The summed E-state index contributed by atoms with van der Waals surface area (Å²) in [5.41, 5.74) is 1.78. The first-order valence-corrected chi connectivity index (χ1v) is 11.5. The van der Waals surface area contributed by atoms with E-state index in [9.17, 15) is 19.5 Å². The van der Waals surface area contributed by atoms with Crippen LogP contribution in [0.1, 0.15) is 45.3 Å². The van der Waals surface area contributed by atoms with Crippen molar-refractivity contribution in [2.45, 2.75) is 26.3 Å². The molecule has 2 N–H and O–H groups in total. The van der Waals surface area contributed by atoms with Crippen molar-refractivity contribution < 1.29 is 29.1 Å². The molecular formula is C24H28BrN3O5. The van der Waals surface area contributed by atoms with Crippen molar-refractivity contribution in [3.63, 3.8) is 0 Å². The molecule has 176 valence electrons. The number of ketones is 1. The summed E-state index contributed by atoms with van der Waals surface area (Å²) < 4.78 is 5.63. The highest BCUT2D eigenvalue weighted by molar-refractivity contribution is 9.10. The Hall–Kier alpha value is -2.91. The minimum Gasteiger partial charge on any atom is -0.872 e. The van der Waals surface area contributed by atoms with Gasteiger partial charge in [-0.25, -0.2) is 4.79 Å². The Balaban J connectivity index is 2.17. The highest BCUT2D eigenvalue weighted by atomic mass is 79.9. The van der Waals surface area contributed by atoms with E-state index >= 15 is 0 Å². The molecule has 1 aromatic heterocycles. The van der Waals surface area contributed by atoms with E-state index in [-0.39, 0.29) is 16.8 Å². The van der Waals surface area contributed by atoms with Crippen LogP contribution in [0, 0.1) is 13.8 Å². The molecule has 1 aromatic carbocycles. The van der Waals surface area contributed by atoms with Gasteiger partial charge < -0.3 is 24.6 Å². The smallest absolute Gasteiger partial charge is 0.354 e. The standard InChI is InChI=1S/C24H28BrN3O5/c1-13-17(14(2)26-19(13)24(32)33-5)21(29)18-20(15-7-9-16(25)10-8-15)28(23(31)22(18)30)12-6-11-27(3)4/h7-10,20,26,29H,6,11-12H2,1-5H3. The number of carbonyl (C=O) groups is 3. The number of halogens is 1. The number of benzene rings is 1. The van der Waals surface area contributed by atoms with Gasteiger partial charge in [0.25, 0.3) is 5.91 Å². The van der Waals surface area contributed by atoms with Crippen molar-refractivity contribution >= 4 is 39.3 Å². The first kappa shape index (κ1) is 24.7. The Labute approximate surface area is 201 Å². The molecule has 2 heterocycles. The Bertz CT molecular complexity index is 1120. The molecule has 2 aromatic rings. The molecule has 1 aliphatic rings. The summed E-state index contributed by atoms with van der Waals surface area (Å²) in [6.07, 6.45) is 0.685. The number of nitrogens with zero attached hydrogens (tertiary/aromatic N) is 1. The van der Waals surface area contributed by atoms with E-state index in [1.165, 1.54) is 16.9 Å². The zero-order valence-electron chi connectivity index (χ0n) is 19.4. The Morgan fingerprint density at radius 3 is 2.42 bits per heavy atom. The van der Waals surface area contributed by atoms with Gasteiger partial charge in [0.05, 0.1) is 33.8 Å². The van der Waals surface area contributed by atoms with Crippen LogP contribution < -0.4 is 10.0 Å². The number of carbonyl (C=O) groups excluding carboxylic acids is 3. The maximum atomic E-state index is 13.7. The first-order chi connectivity index (χ1) is 15.6. The van der Waals surface area contributed by atoms with Gasteiger partial charge >= 0.3 is 5.97 Å². The normalized spacial score (nSPS) is 17.8. The fourth-order valence-corrected chi connectivity index (χ4v) is 4.49. The summed E-state index contributed by atoms with van der Waals surface area (Å²) in [6, 6.07) is 6.44. The number of H-pyrrole nitrogens is 1. The molecule has 3 rings (SSSR count). The van der Waals surface area contributed by atoms with E-state index in [2.05, 4.69) is 20.9 Å². The monoisotopic (exact) mass is 517 g/mol. The minimum absolute atomic E-state index is 0.0962. The van der Waals surface area contributed by atoms with Gasteiger partial charge in [-0.2, -0.15) is 0 Å². The van der Waals surface area contributed by atoms with Gasteiger partial charge in [-0.15, -0.1) is 0 Å². The summed E-state index contributed by atoms with van der Waals surface area (Å²) in [6.45, 7) is 4.44. The SMILES string of the molecule is COC(=O)c1[nH]c(C)c(C([O-])=C2C(=O)C(=O)N(CCC[NH+](C)C)C2c2ccc(Br)cc2)c1C. The zero-order chi connectivity index (χ0) is 24.4. The number of esters is 1. The van der Waals surface area contributed by atoms with Crippen molar-refractivity contribution in [3.05, 3.63) is 62.4 Å². The van der Waals surface area contributed by atoms with Crippen LogP contribution in [0.2, 0.25) is 0 Å². The first-order valence-electron chi connectivity index (χ1n) is 10.7. The van der Waals surface area contributed by atoms with Gasteiger partial charge in [-0.1, -0.05) is 33.8 Å². The predicted octanol–water partition coefficient (Wildman–Crippen LogP) is 0.939. The summed E-state index contributed by atoms with van der Waals surface area (Å²) in [4.78, 5) is 43.8. The van der Waals surface area contributed by atoms with Crippen LogP contribution in [0.5, 0.6) is 0 Å². The van der Waals surface area contributed by atoms with E-state index in [0.717, 1.165) is 11.0 Å². The molecule has 1 aliphatic heterocycles. The Morgan fingerprint density at radius 2 is 1.85 bits per heavy atom. The number of aryl methyl sites for hydroxylation is 1. The molecule has 0 bridgehead atoms. The van der Waals surface area contributed by atoms with Crippen LogP contribution in [0.15, 0.2) is 34.3 Å². The second kappa shape index (κ2) is 9.93. The van der Waals surface area contributed by atoms with E-state index < -0.39 is 29.5 Å². The molecule has 9 heteroatoms. The molecular weight excluding hydrogens is 490 g/mol. The Kier molecular flexibility index (Phi) is 7.44. The number of rotatable bonds is 7. The molecule has 0 spiro atoms. The molecule has 1 amide bonds. The van der Waals surface area contributed by atoms with E-state index in [1.54, 1.807) is 26.0 Å². The number of aromatic nitrogens is 1. The third-order valence-corrected chi connectivity index (χ3v) is 6.37. The van der Waals surface area contributed by atoms with Crippen LogP contribution in [-0.2, 0) is 14.3 Å². The van der Waals surface area contributed by atoms with Gasteiger partial charge in [0.15, 0.2) is 0 Å². The summed E-state index contributed by atoms with van der Waals surface area (Å²) in [7, 11) is 5.28. The minimum atomic E-state index is -0.801. The van der Waals surface area contributed by atoms with E-state index in [0.29, 0.717) is 29.8 Å². The van der Waals surface area contributed by atoms with Crippen LogP contribution in [-0.4, -0.2) is 61.8 Å². The lowest BCUT2D eigenvalue weighted by molar-refractivity contribution is -0.858. The number of amides is 1. The van der Waals surface area contributed by atoms with E-state index in [4.69, 9.17) is 4.74 Å².